The highest BCUT2D eigenvalue weighted by atomic mass is 32.2. The molecule has 3 fully saturated rings. The van der Waals surface area contributed by atoms with Gasteiger partial charge in [0.05, 0.1) is 11.0 Å². The van der Waals surface area contributed by atoms with Crippen LogP contribution < -0.4 is 10.0 Å². The van der Waals surface area contributed by atoms with Gasteiger partial charge in [0.1, 0.15) is 17.4 Å². The first kappa shape index (κ1) is 25.2. The Hall–Kier alpha value is -2.44. The molecule has 2 aliphatic heterocycles. The van der Waals surface area contributed by atoms with Gasteiger partial charge in [-0.1, -0.05) is 63.5 Å². The van der Waals surface area contributed by atoms with Crippen molar-refractivity contribution in [2.24, 2.45) is 10.9 Å². The number of nitrogens with one attached hydrogen (secondary N) is 2. The minimum absolute atomic E-state index is 0.188. The number of likely N-dealkylation sites (tertiary alicyclic amines) is 1. The molecule has 4 aliphatic rings. The van der Waals surface area contributed by atoms with Crippen LogP contribution in [0, 0.1) is 17.2 Å². The molecule has 2 saturated carbocycles. The van der Waals surface area contributed by atoms with Crippen molar-refractivity contribution in [2.75, 3.05) is 13.1 Å². The zero-order chi connectivity index (χ0) is 25.2. The van der Waals surface area contributed by atoms with Gasteiger partial charge in [0.15, 0.2) is 0 Å². The molecule has 2 N–H and O–H groups in total. The highest BCUT2D eigenvalue weighted by molar-refractivity contribution is 7.90. The number of nitriles is 1. The Morgan fingerprint density at radius 1 is 1.14 bits per heavy atom. The van der Waals surface area contributed by atoms with Gasteiger partial charge in [-0.05, 0) is 43.7 Å². The number of hydrogen-bond acceptors (Lipinski definition) is 6. The van der Waals surface area contributed by atoms with Crippen LogP contribution in [0.4, 0.5) is 0 Å². The predicted molar refractivity (Wildman–Crippen MR) is 138 cm³/mol. The lowest BCUT2D eigenvalue weighted by molar-refractivity contribution is -0.124. The summed E-state index contributed by atoms with van der Waals surface area (Å²) in [5.74, 6) is 0.318. The number of nitrogens with zero attached hydrogens (tertiary/aromatic N) is 3. The first-order chi connectivity index (χ1) is 17.4. The molecular weight excluding hydrogens is 474 g/mol. The molecule has 2 atom stereocenters. The summed E-state index contributed by atoms with van der Waals surface area (Å²) in [6.45, 7) is 1.36. The van der Waals surface area contributed by atoms with Crippen LogP contribution in [0.1, 0.15) is 82.6 Å². The maximum Gasteiger partial charge on any atom is 0.263 e. The van der Waals surface area contributed by atoms with Gasteiger partial charge in [0.25, 0.3) is 10.0 Å². The van der Waals surface area contributed by atoms with Crippen LogP contribution in [0.5, 0.6) is 0 Å². The molecule has 1 aromatic rings. The molecule has 0 spiro atoms. The van der Waals surface area contributed by atoms with Crippen molar-refractivity contribution in [3.05, 3.63) is 29.8 Å². The van der Waals surface area contributed by atoms with Crippen LogP contribution in [0.3, 0.4) is 0 Å². The van der Waals surface area contributed by atoms with Gasteiger partial charge in [-0.25, -0.2) is 8.42 Å². The minimum atomic E-state index is -3.69. The zero-order valence-electron chi connectivity index (χ0n) is 20.9. The van der Waals surface area contributed by atoms with Gasteiger partial charge in [-0.2, -0.15) is 5.26 Å². The van der Waals surface area contributed by atoms with E-state index in [0.29, 0.717) is 36.9 Å². The van der Waals surface area contributed by atoms with E-state index in [0.717, 1.165) is 45.1 Å². The summed E-state index contributed by atoms with van der Waals surface area (Å²) in [6.07, 6.45) is 12.8. The average molecular weight is 512 g/mol. The van der Waals surface area contributed by atoms with E-state index in [1.54, 1.807) is 24.3 Å². The second-order valence-corrected chi connectivity index (χ2v) is 12.7. The van der Waals surface area contributed by atoms with Gasteiger partial charge >= 0.3 is 0 Å². The van der Waals surface area contributed by atoms with Crippen LogP contribution >= 0.6 is 0 Å². The number of aliphatic imine (C=N–C) groups is 1. The zero-order valence-corrected chi connectivity index (χ0v) is 21.7. The predicted octanol–water partition coefficient (Wildman–Crippen LogP) is 3.48. The second-order valence-electron chi connectivity index (χ2n) is 11.0. The summed E-state index contributed by atoms with van der Waals surface area (Å²) in [4.78, 5) is 21.0. The fourth-order valence-electron chi connectivity index (χ4n) is 6.48. The van der Waals surface area contributed by atoms with Crippen LogP contribution in [0.2, 0.25) is 0 Å². The van der Waals surface area contributed by atoms with E-state index in [4.69, 9.17) is 4.99 Å². The number of amidine groups is 1. The highest BCUT2D eigenvalue weighted by Gasteiger charge is 2.43. The lowest BCUT2D eigenvalue weighted by Gasteiger charge is -2.32. The van der Waals surface area contributed by atoms with Crippen molar-refractivity contribution in [2.45, 2.75) is 99.6 Å². The summed E-state index contributed by atoms with van der Waals surface area (Å²) >= 11 is 0. The Labute approximate surface area is 214 Å². The highest BCUT2D eigenvalue weighted by Crippen LogP contribution is 2.32. The van der Waals surface area contributed by atoms with Gasteiger partial charge in [-0.3, -0.25) is 19.4 Å². The molecule has 1 amide bonds. The molecule has 1 unspecified atom stereocenters. The number of rotatable bonds is 6. The number of carbonyl (C=O) groups is 1. The molecular formula is C27H37N5O3S. The lowest BCUT2D eigenvalue weighted by Crippen LogP contribution is -2.53. The number of benzene rings is 1. The van der Waals surface area contributed by atoms with Crippen LogP contribution in [0.15, 0.2) is 34.2 Å². The summed E-state index contributed by atoms with van der Waals surface area (Å²) < 4.78 is 27.8. The standard InChI is InChI=1S/C27H37N5O3S/c28-18-27(15-16-32(19-27)21-11-5-2-6-12-21)30-26(33)23(17-20-9-3-1-4-10-20)29-25-22-13-7-8-14-24(22)36(34,35)31-25/h7-8,13-14,20-21,23H,1-6,9-12,15-17,19H2,(H,29,31)(H,30,33)/t23-,27?/m0/s1. The summed E-state index contributed by atoms with van der Waals surface area (Å²) in [5.41, 5.74) is -0.426. The van der Waals surface area contributed by atoms with Gasteiger partial charge in [0, 0.05) is 24.7 Å². The summed E-state index contributed by atoms with van der Waals surface area (Å²) in [7, 11) is -3.69. The van der Waals surface area contributed by atoms with Crippen molar-refractivity contribution in [1.29, 1.82) is 5.26 Å². The van der Waals surface area contributed by atoms with E-state index in [-0.39, 0.29) is 16.6 Å². The molecule has 36 heavy (non-hydrogen) atoms. The number of carbonyl (C=O) groups excluding carboxylic acids is 1. The van der Waals surface area contributed by atoms with E-state index >= 15 is 0 Å². The van der Waals surface area contributed by atoms with Crippen molar-refractivity contribution < 1.29 is 13.2 Å². The molecule has 0 aromatic heterocycles. The number of fused-ring (bicyclic) bond motifs is 1. The third-order valence-electron chi connectivity index (χ3n) is 8.50. The van der Waals surface area contributed by atoms with E-state index in [9.17, 15) is 18.5 Å². The molecule has 9 heteroatoms. The maximum absolute atomic E-state index is 13.7. The van der Waals surface area contributed by atoms with Gasteiger partial charge in [0.2, 0.25) is 5.91 Å². The molecule has 0 bridgehead atoms. The molecule has 194 valence electrons. The topological polar surface area (TPSA) is 115 Å². The Bertz CT molecular complexity index is 1150. The van der Waals surface area contributed by atoms with Crippen LogP contribution in [0.25, 0.3) is 0 Å². The van der Waals surface area contributed by atoms with Crippen molar-refractivity contribution in [1.82, 2.24) is 14.9 Å². The number of hydrogen-bond donors (Lipinski definition) is 2. The normalized spacial score (nSPS) is 28.8. The van der Waals surface area contributed by atoms with Crippen molar-refractivity contribution in [3.63, 3.8) is 0 Å². The third-order valence-corrected chi connectivity index (χ3v) is 9.90. The molecule has 8 nitrogen and oxygen atoms in total. The van der Waals surface area contributed by atoms with Gasteiger partial charge in [-0.15, -0.1) is 0 Å². The number of sulfonamides is 1. The Morgan fingerprint density at radius 2 is 1.83 bits per heavy atom. The van der Waals surface area contributed by atoms with Crippen molar-refractivity contribution in [3.8, 4) is 6.07 Å². The van der Waals surface area contributed by atoms with E-state index in [1.165, 1.54) is 25.7 Å². The molecule has 0 radical (unpaired) electrons. The molecule has 1 aromatic carbocycles. The van der Waals surface area contributed by atoms with Crippen LogP contribution in [-0.2, 0) is 14.8 Å². The summed E-state index contributed by atoms with van der Waals surface area (Å²) in [6, 6.07) is 8.91. The van der Waals surface area contributed by atoms with Crippen LogP contribution in [-0.4, -0.2) is 55.8 Å². The fourth-order valence-corrected chi connectivity index (χ4v) is 7.72. The average Bonchev–Trinajstić information content (AvgIpc) is 3.44. The first-order valence-corrected chi connectivity index (χ1v) is 15.0. The molecule has 1 saturated heterocycles. The lowest BCUT2D eigenvalue weighted by atomic mass is 9.84. The Kier molecular flexibility index (Phi) is 7.36. The quantitative estimate of drug-likeness (QED) is 0.607. The number of amides is 1. The first-order valence-electron chi connectivity index (χ1n) is 13.6. The third kappa shape index (κ3) is 5.30. The SMILES string of the molecule is N#CC1(NC(=O)[C@H](CC2CCCCC2)N=C2NS(=O)(=O)c3ccccc32)CCN(C2CCCCC2)C1. The van der Waals surface area contributed by atoms with E-state index in [2.05, 4.69) is 21.0 Å². The molecule has 2 heterocycles. The Balaban J connectivity index is 1.37. The molecule has 2 aliphatic carbocycles. The maximum atomic E-state index is 13.7. The smallest absolute Gasteiger partial charge is 0.263 e. The summed E-state index contributed by atoms with van der Waals surface area (Å²) in [5, 5.41) is 13.2. The second kappa shape index (κ2) is 10.5. The van der Waals surface area contributed by atoms with Gasteiger partial charge < -0.3 is 5.32 Å². The monoisotopic (exact) mass is 511 g/mol. The molecule has 5 rings (SSSR count). The Morgan fingerprint density at radius 3 is 2.56 bits per heavy atom. The van der Waals surface area contributed by atoms with E-state index in [1.807, 2.05) is 0 Å². The largest absolute Gasteiger partial charge is 0.335 e. The minimum Gasteiger partial charge on any atom is -0.335 e. The van der Waals surface area contributed by atoms with Crippen molar-refractivity contribution >= 4 is 21.8 Å². The van der Waals surface area contributed by atoms with E-state index < -0.39 is 21.6 Å². The fraction of sp³-hybridized carbons (Fsp3) is 0.667.